The van der Waals surface area contributed by atoms with Gasteiger partial charge in [0.15, 0.2) is 0 Å². The predicted molar refractivity (Wildman–Crippen MR) is 300 cm³/mol. The highest BCUT2D eigenvalue weighted by Crippen LogP contribution is 2.43. The van der Waals surface area contributed by atoms with Crippen LogP contribution < -0.4 is 5.32 Å². The molecule has 1 amide bonds. The van der Waals surface area contributed by atoms with Crippen LogP contribution in [0.5, 0.6) is 0 Å². The van der Waals surface area contributed by atoms with Gasteiger partial charge in [-0.1, -0.05) is 283 Å². The van der Waals surface area contributed by atoms with Crippen molar-refractivity contribution in [1.82, 2.24) is 5.32 Å². The van der Waals surface area contributed by atoms with E-state index in [1.54, 1.807) is 0 Å². The van der Waals surface area contributed by atoms with E-state index in [-0.39, 0.29) is 19.1 Å². The van der Waals surface area contributed by atoms with Crippen molar-refractivity contribution in [2.75, 3.05) is 40.9 Å². The van der Waals surface area contributed by atoms with E-state index in [1.165, 1.54) is 250 Å². The molecule has 412 valence electrons. The maximum Gasteiger partial charge on any atom is 0.472 e. The molecule has 0 saturated heterocycles. The Morgan fingerprint density at radius 2 is 0.783 bits per heavy atom. The first-order valence-corrected chi connectivity index (χ1v) is 32.0. The Morgan fingerprint density at radius 1 is 0.478 bits per heavy atom. The second-order valence-electron chi connectivity index (χ2n) is 22.4. The summed E-state index contributed by atoms with van der Waals surface area (Å²) in [5, 5.41) is 14.1. The summed E-state index contributed by atoms with van der Waals surface area (Å²) in [5.74, 6) is -0.142. The lowest BCUT2D eigenvalue weighted by Gasteiger charge is -2.26. The summed E-state index contributed by atoms with van der Waals surface area (Å²) in [4.78, 5) is 23.4. The Kier molecular flexibility index (Phi) is 51.5. The van der Waals surface area contributed by atoms with Crippen molar-refractivity contribution in [2.45, 2.75) is 328 Å². The second kappa shape index (κ2) is 52.1. The smallest absolute Gasteiger partial charge is 0.391 e. The van der Waals surface area contributed by atoms with Gasteiger partial charge in [0.2, 0.25) is 5.91 Å². The molecular formula is C60H122N2O6P+. The van der Waals surface area contributed by atoms with Gasteiger partial charge in [0.1, 0.15) is 13.2 Å². The largest absolute Gasteiger partial charge is 0.472 e. The molecule has 0 aromatic heterocycles. The number of amides is 1. The number of unbranched alkanes of at least 4 members (excludes halogenated alkanes) is 42. The molecule has 9 heteroatoms. The number of nitrogens with zero attached hydrogens (tertiary/aromatic N) is 1. The Labute approximate surface area is 431 Å². The van der Waals surface area contributed by atoms with Crippen molar-refractivity contribution < 1.29 is 32.9 Å². The van der Waals surface area contributed by atoms with E-state index in [0.29, 0.717) is 23.9 Å². The van der Waals surface area contributed by atoms with Crippen molar-refractivity contribution in [3.63, 3.8) is 0 Å². The zero-order chi connectivity index (χ0) is 50.6. The Bertz CT molecular complexity index is 1130. The molecule has 0 bridgehead atoms. The van der Waals surface area contributed by atoms with Crippen molar-refractivity contribution in [3.8, 4) is 0 Å². The number of phosphoric ester groups is 1. The van der Waals surface area contributed by atoms with Crippen LogP contribution in [0.4, 0.5) is 0 Å². The van der Waals surface area contributed by atoms with E-state index in [2.05, 4.69) is 31.3 Å². The highest BCUT2D eigenvalue weighted by atomic mass is 31.2. The summed E-state index contributed by atoms with van der Waals surface area (Å²) in [5.41, 5.74) is 0. The van der Waals surface area contributed by atoms with Crippen LogP contribution in [0.2, 0.25) is 0 Å². The number of quaternary nitrogens is 1. The third-order valence-corrected chi connectivity index (χ3v) is 15.2. The number of phosphoric acid groups is 1. The molecule has 0 spiro atoms. The third kappa shape index (κ3) is 54.8. The third-order valence-electron chi connectivity index (χ3n) is 14.3. The summed E-state index contributed by atoms with van der Waals surface area (Å²) < 4.78 is 23.8. The summed E-state index contributed by atoms with van der Waals surface area (Å²) in [7, 11) is 1.63. The zero-order valence-corrected chi connectivity index (χ0v) is 48.0. The summed E-state index contributed by atoms with van der Waals surface area (Å²) in [6, 6.07) is -0.761. The van der Waals surface area contributed by atoms with Crippen LogP contribution in [0.1, 0.15) is 316 Å². The first-order chi connectivity index (χ1) is 33.5. The van der Waals surface area contributed by atoms with Gasteiger partial charge in [-0.15, -0.1) is 0 Å². The van der Waals surface area contributed by atoms with Crippen LogP contribution in [0.3, 0.4) is 0 Å². The fraction of sp³-hybridized carbons (Fsp3) is 0.950. The first kappa shape index (κ1) is 68.2. The number of likely N-dealkylation sites (N-methyl/N-ethyl adjacent to an activating group) is 1. The zero-order valence-electron chi connectivity index (χ0n) is 47.1. The van der Waals surface area contributed by atoms with Crippen molar-refractivity contribution >= 4 is 13.7 Å². The molecule has 0 heterocycles. The summed E-state index contributed by atoms with van der Waals surface area (Å²) >= 11 is 0. The molecule has 8 nitrogen and oxygen atoms in total. The molecule has 0 aliphatic rings. The highest BCUT2D eigenvalue weighted by molar-refractivity contribution is 7.47. The first-order valence-electron chi connectivity index (χ1n) is 30.6. The number of rotatable bonds is 57. The van der Waals surface area contributed by atoms with Crippen molar-refractivity contribution in [3.05, 3.63) is 12.2 Å². The van der Waals surface area contributed by atoms with Crippen LogP contribution >= 0.6 is 7.82 Å². The number of hydrogen-bond acceptors (Lipinski definition) is 5. The van der Waals surface area contributed by atoms with Gasteiger partial charge in [0.05, 0.1) is 39.9 Å². The van der Waals surface area contributed by atoms with Crippen molar-refractivity contribution in [2.24, 2.45) is 0 Å². The van der Waals surface area contributed by atoms with Gasteiger partial charge >= 0.3 is 7.82 Å². The average molecular weight is 999 g/mol. The number of carbonyl (C=O) groups is 1. The maximum absolute atomic E-state index is 13.0. The average Bonchev–Trinajstić information content (AvgIpc) is 3.31. The number of aliphatic hydroxyl groups is 1. The van der Waals surface area contributed by atoms with Gasteiger partial charge in [-0.05, 0) is 38.5 Å². The van der Waals surface area contributed by atoms with Crippen LogP contribution in [-0.2, 0) is 18.4 Å². The molecule has 0 saturated carbocycles. The SMILES string of the molecule is CCCCCCCCCCCCC/C=C\CCCCCCCCCC(=O)NC(COP(=O)(O)OCC[N+](C)(C)C)C(O)CCCCCCCCCCCCCCCCCCCCCCCCCCC. The van der Waals surface area contributed by atoms with Gasteiger partial charge < -0.3 is 19.8 Å². The Hall–Kier alpha value is -0.760. The normalized spacial score (nSPS) is 13.9. The molecule has 0 aromatic carbocycles. The van der Waals surface area contributed by atoms with Crippen LogP contribution in [0.25, 0.3) is 0 Å². The number of carbonyl (C=O) groups excluding carboxylic acids is 1. The molecule has 69 heavy (non-hydrogen) atoms. The van der Waals surface area contributed by atoms with E-state index in [0.717, 1.165) is 38.5 Å². The lowest BCUT2D eigenvalue weighted by molar-refractivity contribution is -0.870. The molecular weight excluding hydrogens is 876 g/mol. The molecule has 0 radical (unpaired) electrons. The Morgan fingerprint density at radius 3 is 1.12 bits per heavy atom. The quantitative estimate of drug-likeness (QED) is 0.0243. The minimum absolute atomic E-state index is 0.0764. The Balaban J connectivity index is 4.12. The van der Waals surface area contributed by atoms with E-state index >= 15 is 0 Å². The topological polar surface area (TPSA) is 105 Å². The lowest BCUT2D eigenvalue weighted by Crippen LogP contribution is -2.46. The van der Waals surface area contributed by atoms with Gasteiger partial charge in [0.25, 0.3) is 0 Å². The van der Waals surface area contributed by atoms with E-state index in [4.69, 9.17) is 9.05 Å². The summed E-state index contributed by atoms with van der Waals surface area (Å²) in [6.07, 6.45) is 64.2. The molecule has 3 N–H and O–H groups in total. The van der Waals surface area contributed by atoms with Gasteiger partial charge in [-0.2, -0.15) is 0 Å². The minimum Gasteiger partial charge on any atom is -0.391 e. The van der Waals surface area contributed by atoms with Gasteiger partial charge in [-0.25, -0.2) is 4.57 Å². The molecule has 0 aliphatic carbocycles. The number of aliphatic hydroxyl groups excluding tert-OH is 1. The fourth-order valence-electron chi connectivity index (χ4n) is 9.46. The molecule has 0 aliphatic heterocycles. The highest BCUT2D eigenvalue weighted by Gasteiger charge is 2.28. The fourth-order valence-corrected chi connectivity index (χ4v) is 10.2. The van der Waals surface area contributed by atoms with Crippen molar-refractivity contribution in [1.29, 1.82) is 0 Å². The molecule has 3 atom stereocenters. The standard InChI is InChI=1S/C60H121N2O6P/c1-6-8-10-12-14-16-18-20-22-24-26-28-30-31-32-33-35-37-39-41-43-45-47-49-51-53-59(63)58(57-68-69(65,66)67-56-55-62(3,4)5)61-60(64)54-52-50-48-46-44-42-40-38-36-34-29-27-25-23-21-19-17-15-13-11-9-7-2/h34,36,58-59,63H,6-33,35,37-57H2,1-5H3,(H-,61,64,65,66)/p+1/b36-34-. The lowest BCUT2D eigenvalue weighted by atomic mass is 10.0. The molecule has 3 unspecified atom stereocenters. The van der Waals surface area contributed by atoms with Crippen LogP contribution in [-0.4, -0.2) is 73.4 Å². The van der Waals surface area contributed by atoms with E-state index in [9.17, 15) is 19.4 Å². The number of allylic oxidation sites excluding steroid dienone is 2. The monoisotopic (exact) mass is 998 g/mol. The number of nitrogens with one attached hydrogen (secondary N) is 1. The number of hydrogen-bond donors (Lipinski definition) is 3. The maximum atomic E-state index is 13.0. The molecule has 0 aromatic rings. The minimum atomic E-state index is -4.32. The molecule has 0 fully saturated rings. The predicted octanol–water partition coefficient (Wildman–Crippen LogP) is 18.6. The van der Waals surface area contributed by atoms with Crippen LogP contribution in [0.15, 0.2) is 12.2 Å². The second-order valence-corrected chi connectivity index (χ2v) is 23.9. The van der Waals surface area contributed by atoms with Crippen LogP contribution in [0, 0.1) is 0 Å². The van der Waals surface area contributed by atoms with E-state index < -0.39 is 20.0 Å². The van der Waals surface area contributed by atoms with Gasteiger partial charge in [0, 0.05) is 6.42 Å². The summed E-state index contributed by atoms with van der Waals surface area (Å²) in [6.45, 7) is 4.94. The van der Waals surface area contributed by atoms with Gasteiger partial charge in [-0.3, -0.25) is 13.8 Å². The molecule has 0 rings (SSSR count). The van der Waals surface area contributed by atoms with E-state index in [1.807, 2.05) is 21.1 Å².